The average Bonchev–Trinajstić information content (AvgIpc) is 3.09. The number of nitrogens with one attached hydrogen (secondary N) is 1. The Hall–Kier alpha value is -1.64. The number of aromatic nitrogens is 1. The van der Waals surface area contributed by atoms with Crippen molar-refractivity contribution in [3.63, 3.8) is 0 Å². The Balaban J connectivity index is 1.95. The Morgan fingerprint density at radius 1 is 1.17 bits per heavy atom. The number of aryl methyl sites for hydroxylation is 3. The zero-order valence-corrected chi connectivity index (χ0v) is 16.5. The molecule has 0 unspecified atom stereocenters. The van der Waals surface area contributed by atoms with Gasteiger partial charge in [0.25, 0.3) is 10.0 Å². The Labute approximate surface area is 152 Å². The average molecular weight is 427 g/mol. The van der Waals surface area contributed by atoms with E-state index in [1.54, 1.807) is 31.2 Å². The summed E-state index contributed by atoms with van der Waals surface area (Å²) < 4.78 is 34.2. The molecule has 24 heavy (non-hydrogen) atoms. The van der Waals surface area contributed by atoms with Crippen molar-refractivity contribution in [2.45, 2.75) is 25.7 Å². The van der Waals surface area contributed by atoms with E-state index in [1.165, 1.54) is 11.3 Å². The summed E-state index contributed by atoms with van der Waals surface area (Å²) in [7, 11) is -3.67. The maximum absolute atomic E-state index is 12.7. The van der Waals surface area contributed by atoms with Crippen molar-refractivity contribution in [2.24, 2.45) is 0 Å². The number of sulfonamides is 1. The molecule has 8 heteroatoms. The number of halogens is 1. The second kappa shape index (κ2) is 6.34. The van der Waals surface area contributed by atoms with E-state index in [-0.39, 0.29) is 4.90 Å². The van der Waals surface area contributed by atoms with Crippen LogP contribution >= 0.6 is 27.3 Å². The zero-order chi connectivity index (χ0) is 17.5. The molecule has 0 spiro atoms. The van der Waals surface area contributed by atoms with Crippen LogP contribution in [0.2, 0.25) is 0 Å². The Bertz CT molecular complexity index is 1010. The topological polar surface area (TPSA) is 72.2 Å². The summed E-state index contributed by atoms with van der Waals surface area (Å²) in [6, 6.07) is 8.72. The van der Waals surface area contributed by atoms with E-state index in [1.807, 2.05) is 19.9 Å². The second-order valence-corrected chi connectivity index (χ2v) is 9.19. The van der Waals surface area contributed by atoms with Gasteiger partial charge in [0, 0.05) is 21.1 Å². The minimum absolute atomic E-state index is 0.247. The number of hydrogen-bond acceptors (Lipinski definition) is 5. The fourth-order valence-corrected chi connectivity index (χ4v) is 5.09. The van der Waals surface area contributed by atoms with Crippen LogP contribution in [-0.2, 0) is 10.0 Å². The normalized spacial score (nSPS) is 11.7. The number of thiophene rings is 1. The number of hydrogen-bond donors (Lipinski definition) is 1. The number of anilines is 1. The van der Waals surface area contributed by atoms with Gasteiger partial charge in [0.1, 0.15) is 4.90 Å². The second-order valence-electron chi connectivity index (χ2n) is 5.43. The van der Waals surface area contributed by atoms with Crippen LogP contribution in [0.5, 0.6) is 0 Å². The van der Waals surface area contributed by atoms with E-state index in [4.69, 9.17) is 4.52 Å². The van der Waals surface area contributed by atoms with E-state index in [0.717, 1.165) is 20.6 Å². The minimum atomic E-state index is -3.67. The maximum Gasteiger partial charge on any atom is 0.263 e. The van der Waals surface area contributed by atoms with E-state index in [0.29, 0.717) is 16.3 Å². The standard InChI is InChI=1S/C16H15BrN2O3S2/c1-9-6-12(4-5-13(9)17)19-24(20,21)16-8-15(23-11(16)3)14-7-10(2)18-22-14/h4-8,19H,1-3H3. The fourth-order valence-electron chi connectivity index (χ4n) is 2.25. The lowest BCUT2D eigenvalue weighted by Gasteiger charge is -2.09. The van der Waals surface area contributed by atoms with Crippen LogP contribution in [-0.4, -0.2) is 13.6 Å². The van der Waals surface area contributed by atoms with Crippen LogP contribution in [0.15, 0.2) is 44.2 Å². The highest BCUT2D eigenvalue weighted by Gasteiger charge is 2.22. The molecule has 0 bridgehead atoms. The van der Waals surface area contributed by atoms with Gasteiger partial charge in [-0.25, -0.2) is 8.42 Å². The van der Waals surface area contributed by atoms with Gasteiger partial charge in [-0.1, -0.05) is 21.1 Å². The van der Waals surface area contributed by atoms with Crippen LogP contribution in [0.1, 0.15) is 16.1 Å². The number of rotatable bonds is 4. The molecule has 3 aromatic rings. The third-order valence-electron chi connectivity index (χ3n) is 3.44. The third-order valence-corrected chi connectivity index (χ3v) is 7.03. The molecule has 3 rings (SSSR count). The van der Waals surface area contributed by atoms with Crippen LogP contribution < -0.4 is 4.72 Å². The summed E-state index contributed by atoms with van der Waals surface area (Å²) in [5.74, 6) is 0.571. The SMILES string of the molecule is Cc1cc(-c2cc(S(=O)(=O)Nc3ccc(Br)c(C)c3)c(C)s2)on1. The van der Waals surface area contributed by atoms with Gasteiger partial charge in [0.15, 0.2) is 5.76 Å². The molecule has 126 valence electrons. The molecule has 1 aromatic carbocycles. The molecule has 2 aromatic heterocycles. The lowest BCUT2D eigenvalue weighted by atomic mass is 10.2. The van der Waals surface area contributed by atoms with Crippen molar-refractivity contribution in [3.05, 3.63) is 50.9 Å². The van der Waals surface area contributed by atoms with Gasteiger partial charge in [-0.05, 0) is 50.6 Å². The summed E-state index contributed by atoms with van der Waals surface area (Å²) in [4.78, 5) is 1.68. The molecule has 0 aliphatic rings. The third kappa shape index (κ3) is 3.40. The van der Waals surface area contributed by atoms with E-state index in [9.17, 15) is 8.42 Å². The van der Waals surface area contributed by atoms with Crippen molar-refractivity contribution in [1.82, 2.24) is 5.16 Å². The molecule has 0 radical (unpaired) electrons. The molecule has 0 aliphatic carbocycles. The number of nitrogens with zero attached hydrogens (tertiary/aromatic N) is 1. The molecule has 0 saturated heterocycles. The van der Waals surface area contributed by atoms with Crippen LogP contribution in [0.4, 0.5) is 5.69 Å². The number of benzene rings is 1. The van der Waals surface area contributed by atoms with E-state index < -0.39 is 10.0 Å². The minimum Gasteiger partial charge on any atom is -0.355 e. The summed E-state index contributed by atoms with van der Waals surface area (Å²) in [5.41, 5.74) is 2.23. The molecule has 0 saturated carbocycles. The lowest BCUT2D eigenvalue weighted by Crippen LogP contribution is -2.13. The molecular formula is C16H15BrN2O3S2. The van der Waals surface area contributed by atoms with Gasteiger partial charge >= 0.3 is 0 Å². The van der Waals surface area contributed by atoms with Crippen molar-refractivity contribution in [2.75, 3.05) is 4.72 Å². The molecule has 5 nitrogen and oxygen atoms in total. The van der Waals surface area contributed by atoms with Gasteiger partial charge in [-0.3, -0.25) is 4.72 Å². The summed E-state index contributed by atoms with van der Waals surface area (Å²) in [5, 5.41) is 3.84. The van der Waals surface area contributed by atoms with Crippen molar-refractivity contribution in [1.29, 1.82) is 0 Å². The Morgan fingerprint density at radius 2 is 1.92 bits per heavy atom. The zero-order valence-electron chi connectivity index (χ0n) is 13.3. The summed E-state index contributed by atoms with van der Waals surface area (Å²) >= 11 is 4.77. The van der Waals surface area contributed by atoms with Gasteiger partial charge in [-0.15, -0.1) is 11.3 Å². The van der Waals surface area contributed by atoms with Gasteiger partial charge in [-0.2, -0.15) is 0 Å². The van der Waals surface area contributed by atoms with Crippen molar-refractivity contribution < 1.29 is 12.9 Å². The largest absolute Gasteiger partial charge is 0.355 e. The smallest absolute Gasteiger partial charge is 0.263 e. The quantitative estimate of drug-likeness (QED) is 0.644. The molecule has 2 heterocycles. The van der Waals surface area contributed by atoms with Gasteiger partial charge in [0.05, 0.1) is 10.6 Å². The highest BCUT2D eigenvalue weighted by atomic mass is 79.9. The van der Waals surface area contributed by atoms with E-state index >= 15 is 0 Å². The highest BCUT2D eigenvalue weighted by Crippen LogP contribution is 2.34. The molecule has 1 N–H and O–H groups in total. The summed E-state index contributed by atoms with van der Waals surface area (Å²) in [6.07, 6.45) is 0. The predicted octanol–water partition coefficient (Wildman–Crippen LogP) is 4.89. The van der Waals surface area contributed by atoms with Crippen LogP contribution in [0, 0.1) is 20.8 Å². The first-order valence-electron chi connectivity index (χ1n) is 7.09. The monoisotopic (exact) mass is 426 g/mol. The summed E-state index contributed by atoms with van der Waals surface area (Å²) in [6.45, 7) is 5.50. The first-order chi connectivity index (χ1) is 11.3. The molecule has 0 amide bonds. The predicted molar refractivity (Wildman–Crippen MR) is 99.0 cm³/mol. The molecular weight excluding hydrogens is 412 g/mol. The highest BCUT2D eigenvalue weighted by molar-refractivity contribution is 9.10. The van der Waals surface area contributed by atoms with Crippen molar-refractivity contribution in [3.8, 4) is 10.6 Å². The molecule has 0 fully saturated rings. The molecule has 0 aliphatic heterocycles. The van der Waals surface area contributed by atoms with Crippen molar-refractivity contribution >= 4 is 43.0 Å². The van der Waals surface area contributed by atoms with Crippen LogP contribution in [0.3, 0.4) is 0 Å². The van der Waals surface area contributed by atoms with Gasteiger partial charge in [0.2, 0.25) is 0 Å². The van der Waals surface area contributed by atoms with Crippen LogP contribution in [0.25, 0.3) is 10.6 Å². The first kappa shape index (κ1) is 17.2. The first-order valence-corrected chi connectivity index (χ1v) is 10.2. The molecule has 0 atom stereocenters. The fraction of sp³-hybridized carbons (Fsp3) is 0.188. The Kier molecular flexibility index (Phi) is 4.54. The lowest BCUT2D eigenvalue weighted by molar-refractivity contribution is 0.428. The maximum atomic E-state index is 12.7. The van der Waals surface area contributed by atoms with Gasteiger partial charge < -0.3 is 4.52 Å². The Morgan fingerprint density at radius 3 is 2.54 bits per heavy atom. The van der Waals surface area contributed by atoms with E-state index in [2.05, 4.69) is 25.8 Å².